The Kier molecular flexibility index (Phi) is 7.93. The molecule has 9 nitrogen and oxygen atoms in total. The van der Waals surface area contributed by atoms with Gasteiger partial charge in [0.2, 0.25) is 0 Å². The largest absolute Gasteiger partial charge is 0.731 e. The number of anilines is 1. The molecule has 0 aliphatic heterocycles. The van der Waals surface area contributed by atoms with Crippen molar-refractivity contribution in [3.8, 4) is 0 Å². The van der Waals surface area contributed by atoms with Gasteiger partial charge in [0.1, 0.15) is 0 Å². The van der Waals surface area contributed by atoms with Crippen LogP contribution in [0, 0.1) is 5.41 Å². The molecule has 2 aromatic rings. The highest BCUT2D eigenvalue weighted by Crippen LogP contribution is 2.29. The number of nitrogens with one attached hydrogen (secondary N) is 1. The third-order valence-corrected chi connectivity index (χ3v) is 4.80. The number of hydrogen-bond acceptors (Lipinski definition) is 8. The van der Waals surface area contributed by atoms with Crippen molar-refractivity contribution < 1.29 is 36.8 Å². The second-order valence-corrected chi connectivity index (χ2v) is 7.59. The maximum atomic E-state index is 12.6. The summed E-state index contributed by atoms with van der Waals surface area (Å²) in [7, 11) is -2.35. The van der Waals surface area contributed by atoms with E-state index in [0.29, 0.717) is 5.56 Å². The normalized spacial score (nSPS) is 11.6. The van der Waals surface area contributed by atoms with Gasteiger partial charge in [-0.15, -0.1) is 0 Å². The van der Waals surface area contributed by atoms with Gasteiger partial charge in [-0.1, -0.05) is 42.5 Å². The molecule has 0 aliphatic carbocycles. The minimum atomic E-state index is -4.67. The van der Waals surface area contributed by atoms with Crippen LogP contribution < -0.4 is 4.72 Å². The molecule has 0 fully saturated rings. The molecule has 0 aromatic heterocycles. The summed E-state index contributed by atoms with van der Waals surface area (Å²) in [5.74, 6) is -1.65. The zero-order chi connectivity index (χ0) is 22.2. The monoisotopic (exact) mass is 436 g/mol. The molecule has 0 spiro atoms. The number of hydrogen-bond donors (Lipinski definition) is 1. The van der Waals surface area contributed by atoms with Crippen molar-refractivity contribution in [2.45, 2.75) is 13.0 Å². The molecule has 30 heavy (non-hydrogen) atoms. The summed E-state index contributed by atoms with van der Waals surface area (Å²) in [6, 6.07) is 14.9. The standard InChI is InChI=1S/C20H23NO8S/c1-27-18(22)20(19(23)28-2,14-29-13-16-6-4-3-5-7-16)12-15-8-10-17(11-9-15)21-30(24,25)26/h3-11,21H,12-14H2,1-2H3,(H,24,25,26)/p-1. The molecule has 0 amide bonds. The molecule has 2 aromatic carbocycles. The highest BCUT2D eigenvalue weighted by Gasteiger charge is 2.49. The van der Waals surface area contributed by atoms with Gasteiger partial charge in [0.05, 0.1) is 27.4 Å². The van der Waals surface area contributed by atoms with Gasteiger partial charge in [-0.3, -0.25) is 14.3 Å². The smallest absolute Gasteiger partial charge is 0.325 e. The van der Waals surface area contributed by atoms with Gasteiger partial charge >= 0.3 is 11.9 Å². The zero-order valence-electron chi connectivity index (χ0n) is 16.5. The third kappa shape index (κ3) is 6.28. The van der Waals surface area contributed by atoms with Crippen LogP contribution in [0.15, 0.2) is 54.6 Å². The highest BCUT2D eigenvalue weighted by atomic mass is 32.2. The Hall–Kier alpha value is -2.95. The van der Waals surface area contributed by atoms with E-state index in [1.165, 1.54) is 24.3 Å². The van der Waals surface area contributed by atoms with Crippen molar-refractivity contribution in [2.75, 3.05) is 25.5 Å². The lowest BCUT2D eigenvalue weighted by Crippen LogP contribution is -2.47. The van der Waals surface area contributed by atoms with Crippen LogP contribution in [0.5, 0.6) is 0 Å². The Labute approximate surface area is 174 Å². The lowest BCUT2D eigenvalue weighted by molar-refractivity contribution is -0.174. The number of benzene rings is 2. The van der Waals surface area contributed by atoms with Crippen LogP contribution in [0.1, 0.15) is 11.1 Å². The first-order valence-electron chi connectivity index (χ1n) is 8.81. The molecule has 0 saturated carbocycles. The number of carbonyl (C=O) groups excluding carboxylic acids is 2. The summed E-state index contributed by atoms with van der Waals surface area (Å²) in [6.07, 6.45) is -0.120. The molecule has 0 bridgehead atoms. The lowest BCUT2D eigenvalue weighted by Gasteiger charge is -2.28. The molecule has 0 radical (unpaired) electrons. The summed E-state index contributed by atoms with van der Waals surface area (Å²) in [5.41, 5.74) is -0.355. The van der Waals surface area contributed by atoms with Crippen LogP contribution in [0.25, 0.3) is 0 Å². The predicted octanol–water partition coefficient (Wildman–Crippen LogP) is 1.65. The Balaban J connectivity index is 2.25. The Morgan fingerprint density at radius 2 is 1.50 bits per heavy atom. The number of carbonyl (C=O) groups is 2. The fourth-order valence-electron chi connectivity index (χ4n) is 2.89. The van der Waals surface area contributed by atoms with E-state index < -0.39 is 27.7 Å². The van der Waals surface area contributed by atoms with Crippen LogP contribution in [-0.2, 0) is 47.1 Å². The topological polar surface area (TPSA) is 131 Å². The molecule has 0 atom stereocenters. The van der Waals surface area contributed by atoms with Crippen LogP contribution in [0.4, 0.5) is 5.69 Å². The second-order valence-electron chi connectivity index (χ2n) is 6.47. The first-order valence-corrected chi connectivity index (χ1v) is 10.2. The van der Waals surface area contributed by atoms with Crippen molar-refractivity contribution in [1.29, 1.82) is 0 Å². The Bertz CT molecular complexity index is 942. The maximum Gasteiger partial charge on any atom is 0.325 e. The van der Waals surface area contributed by atoms with Gasteiger partial charge in [-0.2, -0.15) is 0 Å². The van der Waals surface area contributed by atoms with Gasteiger partial charge in [0.15, 0.2) is 15.7 Å². The van der Waals surface area contributed by atoms with Gasteiger partial charge in [-0.25, -0.2) is 8.42 Å². The third-order valence-electron chi connectivity index (χ3n) is 4.31. The van der Waals surface area contributed by atoms with E-state index in [4.69, 9.17) is 14.2 Å². The molecule has 2 rings (SSSR count). The van der Waals surface area contributed by atoms with E-state index in [1.54, 1.807) is 4.72 Å². The quantitative estimate of drug-likeness (QED) is 0.338. The minimum absolute atomic E-state index is 0.0517. The summed E-state index contributed by atoms with van der Waals surface area (Å²) in [5, 5.41) is 0. The summed E-state index contributed by atoms with van der Waals surface area (Å²) in [6.45, 7) is -0.128. The van der Waals surface area contributed by atoms with E-state index in [2.05, 4.69) is 0 Å². The van der Waals surface area contributed by atoms with Crippen molar-refractivity contribution >= 4 is 27.9 Å². The minimum Gasteiger partial charge on any atom is -0.731 e. The molecule has 1 N–H and O–H groups in total. The first-order chi connectivity index (χ1) is 14.2. The van der Waals surface area contributed by atoms with Crippen LogP contribution in [0.2, 0.25) is 0 Å². The van der Waals surface area contributed by atoms with Crippen LogP contribution in [0.3, 0.4) is 0 Å². The van der Waals surface area contributed by atoms with E-state index in [-0.39, 0.29) is 25.3 Å². The molecule has 10 heteroatoms. The van der Waals surface area contributed by atoms with E-state index >= 15 is 0 Å². The second kappa shape index (κ2) is 10.2. The van der Waals surface area contributed by atoms with Crippen molar-refractivity contribution in [1.82, 2.24) is 0 Å². The molecule has 0 saturated heterocycles. The molecule has 0 unspecified atom stereocenters. The SMILES string of the molecule is COC(=O)C(COCc1ccccc1)(Cc1ccc(NS(=O)(=O)[O-])cc1)C(=O)OC. The molecule has 0 aliphatic rings. The van der Waals surface area contributed by atoms with Gasteiger partial charge < -0.3 is 18.8 Å². The van der Waals surface area contributed by atoms with Crippen molar-refractivity contribution in [3.05, 3.63) is 65.7 Å². The van der Waals surface area contributed by atoms with E-state index in [1.807, 2.05) is 30.3 Å². The van der Waals surface area contributed by atoms with Gasteiger partial charge in [0, 0.05) is 12.1 Å². The highest BCUT2D eigenvalue weighted by molar-refractivity contribution is 7.87. The molecular formula is C20H22NO8S-. The molecular weight excluding hydrogens is 414 g/mol. The molecule has 0 heterocycles. The fourth-order valence-corrected chi connectivity index (χ4v) is 3.31. The lowest BCUT2D eigenvalue weighted by atomic mass is 9.82. The van der Waals surface area contributed by atoms with Crippen LogP contribution >= 0.6 is 0 Å². The number of methoxy groups -OCH3 is 2. The number of esters is 2. The summed E-state index contributed by atoms with van der Waals surface area (Å²) >= 11 is 0. The Morgan fingerprint density at radius 1 is 0.933 bits per heavy atom. The maximum absolute atomic E-state index is 12.6. The predicted molar refractivity (Wildman–Crippen MR) is 106 cm³/mol. The van der Waals surface area contributed by atoms with Crippen LogP contribution in [-0.4, -0.2) is 45.7 Å². The number of rotatable bonds is 10. The first kappa shape index (κ1) is 23.3. The van der Waals surface area contributed by atoms with E-state index in [9.17, 15) is 22.6 Å². The van der Waals surface area contributed by atoms with Gasteiger partial charge in [-0.05, 0) is 23.3 Å². The Morgan fingerprint density at radius 3 is 2.00 bits per heavy atom. The average molecular weight is 436 g/mol. The zero-order valence-corrected chi connectivity index (χ0v) is 17.3. The van der Waals surface area contributed by atoms with Crippen molar-refractivity contribution in [2.24, 2.45) is 5.41 Å². The van der Waals surface area contributed by atoms with Crippen molar-refractivity contribution in [3.63, 3.8) is 0 Å². The number of ether oxygens (including phenoxy) is 3. The summed E-state index contributed by atoms with van der Waals surface area (Å²) in [4.78, 5) is 25.2. The summed E-state index contributed by atoms with van der Waals surface area (Å²) < 4.78 is 49.6. The average Bonchev–Trinajstić information content (AvgIpc) is 2.72. The van der Waals surface area contributed by atoms with Gasteiger partial charge in [0.25, 0.3) is 0 Å². The fraction of sp³-hybridized carbons (Fsp3) is 0.300. The van der Waals surface area contributed by atoms with E-state index in [0.717, 1.165) is 19.8 Å². The molecule has 162 valence electrons.